The molecule has 2 aromatic rings. The summed E-state index contributed by atoms with van der Waals surface area (Å²) in [6, 6.07) is 19.9. The van der Waals surface area contributed by atoms with Crippen LogP contribution in [-0.2, 0) is 19.4 Å². The molecule has 1 aliphatic rings. The summed E-state index contributed by atoms with van der Waals surface area (Å²) < 4.78 is 0. The van der Waals surface area contributed by atoms with Crippen LogP contribution in [0, 0.1) is 0 Å². The maximum Gasteiger partial charge on any atom is 0.0558 e. The lowest BCUT2D eigenvalue weighted by atomic mass is 9.87. The number of hydrogen-bond donors (Lipinski definition) is 1. The number of aliphatic hydroxyl groups is 1. The third kappa shape index (κ3) is 3.52. The van der Waals surface area contributed by atoms with Crippen molar-refractivity contribution in [1.82, 2.24) is 4.90 Å². The molecule has 0 saturated heterocycles. The molecule has 1 unspecified atom stereocenters. The summed E-state index contributed by atoms with van der Waals surface area (Å²) in [4.78, 5) is 2.44. The molecule has 1 atom stereocenters. The molecule has 0 radical (unpaired) electrons. The molecule has 21 heavy (non-hydrogen) atoms. The first-order valence-corrected chi connectivity index (χ1v) is 7.82. The Kier molecular flexibility index (Phi) is 4.69. The van der Waals surface area contributed by atoms with E-state index in [0.29, 0.717) is 6.04 Å². The largest absolute Gasteiger partial charge is 0.395 e. The SMILES string of the molecule is OCCN(Cc1ccccc1)C1CCc2ccccc2C1. The first kappa shape index (κ1) is 14.3. The fraction of sp³-hybridized carbons (Fsp3) is 0.368. The minimum atomic E-state index is 0.227. The van der Waals surface area contributed by atoms with Crippen molar-refractivity contribution >= 4 is 0 Å². The summed E-state index contributed by atoms with van der Waals surface area (Å²) in [5, 5.41) is 9.40. The lowest BCUT2D eigenvalue weighted by Crippen LogP contribution is -2.40. The number of hydrogen-bond acceptors (Lipinski definition) is 2. The minimum Gasteiger partial charge on any atom is -0.395 e. The minimum absolute atomic E-state index is 0.227. The standard InChI is InChI=1S/C19H23NO/c21-13-12-20(15-16-6-2-1-3-7-16)19-11-10-17-8-4-5-9-18(17)14-19/h1-9,19,21H,10-15H2. The second-order valence-corrected chi connectivity index (χ2v) is 5.85. The first-order valence-electron chi connectivity index (χ1n) is 7.82. The first-order chi connectivity index (χ1) is 10.4. The van der Waals surface area contributed by atoms with E-state index in [4.69, 9.17) is 0 Å². The average molecular weight is 281 g/mol. The number of aryl methyl sites for hydroxylation is 1. The van der Waals surface area contributed by atoms with E-state index in [1.165, 1.54) is 23.1 Å². The van der Waals surface area contributed by atoms with Crippen LogP contribution in [-0.4, -0.2) is 29.2 Å². The smallest absolute Gasteiger partial charge is 0.0558 e. The molecule has 0 fully saturated rings. The molecule has 1 N–H and O–H groups in total. The topological polar surface area (TPSA) is 23.5 Å². The van der Waals surface area contributed by atoms with E-state index in [-0.39, 0.29) is 6.61 Å². The van der Waals surface area contributed by atoms with Crippen molar-refractivity contribution in [2.45, 2.75) is 31.8 Å². The van der Waals surface area contributed by atoms with Crippen LogP contribution >= 0.6 is 0 Å². The second-order valence-electron chi connectivity index (χ2n) is 5.85. The van der Waals surface area contributed by atoms with Gasteiger partial charge in [-0.3, -0.25) is 4.90 Å². The molecule has 1 aliphatic carbocycles. The molecule has 2 aromatic carbocycles. The Morgan fingerprint density at radius 3 is 2.43 bits per heavy atom. The summed E-state index contributed by atoms with van der Waals surface area (Å²) in [5.41, 5.74) is 4.30. The third-order valence-electron chi connectivity index (χ3n) is 4.45. The Morgan fingerprint density at radius 2 is 1.67 bits per heavy atom. The number of benzene rings is 2. The lowest BCUT2D eigenvalue weighted by Gasteiger charge is -2.35. The van der Waals surface area contributed by atoms with Gasteiger partial charge in [-0.25, -0.2) is 0 Å². The van der Waals surface area contributed by atoms with Crippen LogP contribution in [0.4, 0.5) is 0 Å². The van der Waals surface area contributed by atoms with Gasteiger partial charge in [0, 0.05) is 19.1 Å². The van der Waals surface area contributed by atoms with E-state index in [9.17, 15) is 5.11 Å². The molecule has 0 aromatic heterocycles. The van der Waals surface area contributed by atoms with Gasteiger partial charge in [0.1, 0.15) is 0 Å². The molecule has 0 heterocycles. The van der Waals surface area contributed by atoms with Crippen LogP contribution < -0.4 is 0 Å². The van der Waals surface area contributed by atoms with Crippen molar-refractivity contribution in [3.05, 3.63) is 71.3 Å². The van der Waals surface area contributed by atoms with Gasteiger partial charge < -0.3 is 5.11 Å². The van der Waals surface area contributed by atoms with Crippen LogP contribution in [0.3, 0.4) is 0 Å². The van der Waals surface area contributed by atoms with Crippen molar-refractivity contribution in [2.24, 2.45) is 0 Å². The van der Waals surface area contributed by atoms with Crippen LogP contribution in [0.2, 0.25) is 0 Å². The number of fused-ring (bicyclic) bond motifs is 1. The van der Waals surface area contributed by atoms with Crippen molar-refractivity contribution in [2.75, 3.05) is 13.2 Å². The third-order valence-corrected chi connectivity index (χ3v) is 4.45. The highest BCUT2D eigenvalue weighted by molar-refractivity contribution is 5.30. The zero-order valence-corrected chi connectivity index (χ0v) is 12.4. The van der Waals surface area contributed by atoms with E-state index >= 15 is 0 Å². The molecular formula is C19H23NO. The zero-order valence-electron chi connectivity index (χ0n) is 12.4. The molecular weight excluding hydrogens is 258 g/mol. The maximum atomic E-state index is 9.40. The van der Waals surface area contributed by atoms with Gasteiger partial charge in [0.05, 0.1) is 6.61 Å². The fourth-order valence-corrected chi connectivity index (χ4v) is 3.33. The van der Waals surface area contributed by atoms with E-state index in [0.717, 1.165) is 25.9 Å². The van der Waals surface area contributed by atoms with Gasteiger partial charge in [0.15, 0.2) is 0 Å². The summed E-state index contributed by atoms with van der Waals surface area (Å²) in [7, 11) is 0. The Labute approximate surface area is 127 Å². The quantitative estimate of drug-likeness (QED) is 0.910. The van der Waals surface area contributed by atoms with Gasteiger partial charge in [0.25, 0.3) is 0 Å². The average Bonchev–Trinajstić information content (AvgIpc) is 2.55. The van der Waals surface area contributed by atoms with E-state index in [2.05, 4.69) is 59.5 Å². The molecule has 110 valence electrons. The molecule has 0 aliphatic heterocycles. The van der Waals surface area contributed by atoms with Gasteiger partial charge in [-0.2, -0.15) is 0 Å². The molecule has 0 saturated carbocycles. The van der Waals surface area contributed by atoms with E-state index in [1.807, 2.05) is 0 Å². The molecule has 2 nitrogen and oxygen atoms in total. The van der Waals surface area contributed by atoms with E-state index < -0.39 is 0 Å². The highest BCUT2D eigenvalue weighted by atomic mass is 16.3. The Balaban J connectivity index is 1.73. The summed E-state index contributed by atoms with van der Waals surface area (Å²) in [6.07, 6.45) is 3.43. The predicted molar refractivity (Wildman–Crippen MR) is 86.2 cm³/mol. The van der Waals surface area contributed by atoms with Crippen molar-refractivity contribution in [1.29, 1.82) is 0 Å². The monoisotopic (exact) mass is 281 g/mol. The normalized spacial score (nSPS) is 17.7. The van der Waals surface area contributed by atoms with Gasteiger partial charge in [0.2, 0.25) is 0 Å². The highest BCUT2D eigenvalue weighted by Crippen LogP contribution is 2.25. The summed E-state index contributed by atoms with van der Waals surface area (Å²) in [5.74, 6) is 0. The van der Waals surface area contributed by atoms with Crippen molar-refractivity contribution < 1.29 is 5.11 Å². The lowest BCUT2D eigenvalue weighted by molar-refractivity contribution is 0.133. The Bertz CT molecular complexity index is 567. The Morgan fingerprint density at radius 1 is 0.952 bits per heavy atom. The van der Waals surface area contributed by atoms with Gasteiger partial charge in [-0.05, 0) is 36.0 Å². The van der Waals surface area contributed by atoms with Gasteiger partial charge in [-0.15, -0.1) is 0 Å². The van der Waals surface area contributed by atoms with Gasteiger partial charge >= 0.3 is 0 Å². The van der Waals surface area contributed by atoms with Gasteiger partial charge in [-0.1, -0.05) is 54.6 Å². The molecule has 0 amide bonds. The predicted octanol–water partition coefficient (Wildman–Crippen LogP) is 3.04. The van der Waals surface area contributed by atoms with Crippen LogP contribution in [0.5, 0.6) is 0 Å². The van der Waals surface area contributed by atoms with Crippen molar-refractivity contribution in [3.8, 4) is 0 Å². The van der Waals surface area contributed by atoms with E-state index in [1.54, 1.807) is 0 Å². The second kappa shape index (κ2) is 6.88. The number of rotatable bonds is 5. The molecule has 0 spiro atoms. The summed E-state index contributed by atoms with van der Waals surface area (Å²) >= 11 is 0. The van der Waals surface area contributed by atoms with Crippen LogP contribution in [0.15, 0.2) is 54.6 Å². The van der Waals surface area contributed by atoms with Crippen LogP contribution in [0.1, 0.15) is 23.1 Å². The fourth-order valence-electron chi connectivity index (χ4n) is 3.33. The van der Waals surface area contributed by atoms with Crippen LogP contribution in [0.25, 0.3) is 0 Å². The Hall–Kier alpha value is -1.64. The number of aliphatic hydroxyl groups excluding tert-OH is 1. The number of nitrogens with zero attached hydrogens (tertiary/aromatic N) is 1. The molecule has 2 heteroatoms. The van der Waals surface area contributed by atoms with Crippen molar-refractivity contribution in [3.63, 3.8) is 0 Å². The highest BCUT2D eigenvalue weighted by Gasteiger charge is 2.23. The zero-order chi connectivity index (χ0) is 14.5. The molecule has 3 rings (SSSR count). The summed E-state index contributed by atoms with van der Waals surface area (Å²) in [6.45, 7) is 1.90. The molecule has 0 bridgehead atoms. The maximum absolute atomic E-state index is 9.40.